The molecule has 2 N–H and O–H groups in total. The third-order valence-electron chi connectivity index (χ3n) is 5.24. The summed E-state index contributed by atoms with van der Waals surface area (Å²) < 4.78 is 0. The summed E-state index contributed by atoms with van der Waals surface area (Å²) in [5, 5.41) is 6.77. The molecule has 0 aromatic rings. The average Bonchev–Trinajstić information content (AvgIpc) is 2.79. The van der Waals surface area contributed by atoms with Gasteiger partial charge in [0, 0.05) is 31.6 Å². The Morgan fingerprint density at radius 1 is 1.10 bits per heavy atom. The Kier molecular flexibility index (Phi) is 4.94. The molecule has 0 aromatic heterocycles. The highest BCUT2D eigenvalue weighted by Crippen LogP contribution is 2.32. The number of amides is 1. The van der Waals surface area contributed by atoms with E-state index in [0.29, 0.717) is 18.0 Å². The minimum Gasteiger partial charge on any atom is -0.355 e. The van der Waals surface area contributed by atoms with Crippen LogP contribution in [0.1, 0.15) is 51.4 Å². The van der Waals surface area contributed by atoms with E-state index in [4.69, 9.17) is 0 Å². The van der Waals surface area contributed by atoms with Crippen LogP contribution in [0.5, 0.6) is 0 Å². The van der Waals surface area contributed by atoms with Crippen molar-refractivity contribution >= 4 is 5.91 Å². The Labute approximate surface area is 122 Å². The van der Waals surface area contributed by atoms with Gasteiger partial charge in [-0.2, -0.15) is 0 Å². The van der Waals surface area contributed by atoms with E-state index in [-0.39, 0.29) is 5.91 Å². The topological polar surface area (TPSA) is 44.4 Å². The van der Waals surface area contributed by atoms with E-state index < -0.39 is 0 Å². The van der Waals surface area contributed by atoms with Gasteiger partial charge >= 0.3 is 0 Å². The molecule has 3 heterocycles. The van der Waals surface area contributed by atoms with Crippen molar-refractivity contribution in [2.45, 2.75) is 63.5 Å². The smallest absolute Gasteiger partial charge is 0.220 e. The van der Waals surface area contributed by atoms with Crippen LogP contribution in [0.4, 0.5) is 0 Å². The second kappa shape index (κ2) is 6.90. The van der Waals surface area contributed by atoms with E-state index in [9.17, 15) is 4.79 Å². The SMILES string of the molecule is O=C(CC1CC2CCC(C1)N2)NCCN1CCCCC1. The molecule has 0 radical (unpaired) electrons. The molecule has 3 fully saturated rings. The number of rotatable bonds is 5. The third kappa shape index (κ3) is 3.95. The standard InChI is InChI=1S/C16H29N3O/c20-16(17-6-9-19-7-2-1-3-8-19)12-13-10-14-4-5-15(11-13)18-14/h13-15,18H,1-12H2,(H,17,20). The Balaban J connectivity index is 1.31. The van der Waals surface area contributed by atoms with Crippen molar-refractivity contribution in [2.24, 2.45) is 5.92 Å². The normalized spacial score (nSPS) is 34.1. The van der Waals surface area contributed by atoms with Gasteiger partial charge in [-0.3, -0.25) is 4.79 Å². The van der Waals surface area contributed by atoms with Crippen LogP contribution in [-0.4, -0.2) is 49.1 Å². The molecule has 3 rings (SSSR count). The largest absolute Gasteiger partial charge is 0.355 e. The molecule has 3 aliphatic heterocycles. The number of likely N-dealkylation sites (tertiary alicyclic amines) is 1. The van der Waals surface area contributed by atoms with Crippen LogP contribution in [0.2, 0.25) is 0 Å². The first-order valence-electron chi connectivity index (χ1n) is 8.55. The van der Waals surface area contributed by atoms with E-state index in [0.717, 1.165) is 19.5 Å². The Bertz CT molecular complexity index is 316. The maximum Gasteiger partial charge on any atom is 0.220 e. The van der Waals surface area contributed by atoms with Gasteiger partial charge < -0.3 is 15.5 Å². The molecule has 3 saturated heterocycles. The van der Waals surface area contributed by atoms with E-state index in [1.54, 1.807) is 0 Å². The zero-order valence-corrected chi connectivity index (χ0v) is 12.6. The summed E-state index contributed by atoms with van der Waals surface area (Å²) in [6, 6.07) is 1.39. The van der Waals surface area contributed by atoms with Gasteiger partial charge in [0.15, 0.2) is 0 Å². The predicted octanol–water partition coefficient (Wildman–Crippen LogP) is 1.51. The lowest BCUT2D eigenvalue weighted by Crippen LogP contribution is -2.41. The molecular formula is C16H29N3O. The summed E-state index contributed by atoms with van der Waals surface area (Å²) in [6.45, 7) is 4.29. The number of nitrogens with one attached hydrogen (secondary N) is 2. The molecule has 0 spiro atoms. The van der Waals surface area contributed by atoms with Crippen molar-refractivity contribution in [1.82, 2.24) is 15.5 Å². The van der Waals surface area contributed by atoms with Gasteiger partial charge in [-0.05, 0) is 57.5 Å². The highest BCUT2D eigenvalue weighted by atomic mass is 16.1. The van der Waals surface area contributed by atoms with Gasteiger partial charge in [-0.15, -0.1) is 0 Å². The zero-order chi connectivity index (χ0) is 13.8. The fraction of sp³-hybridized carbons (Fsp3) is 0.938. The van der Waals surface area contributed by atoms with E-state index in [2.05, 4.69) is 15.5 Å². The molecule has 114 valence electrons. The third-order valence-corrected chi connectivity index (χ3v) is 5.24. The minimum absolute atomic E-state index is 0.272. The summed E-state index contributed by atoms with van der Waals surface area (Å²) >= 11 is 0. The van der Waals surface area contributed by atoms with E-state index >= 15 is 0 Å². The molecule has 0 aromatic carbocycles. The van der Waals surface area contributed by atoms with Crippen molar-refractivity contribution in [1.29, 1.82) is 0 Å². The first-order chi connectivity index (χ1) is 9.79. The monoisotopic (exact) mass is 279 g/mol. The summed E-state index contributed by atoms with van der Waals surface area (Å²) in [5.41, 5.74) is 0. The van der Waals surface area contributed by atoms with E-state index in [1.165, 1.54) is 58.0 Å². The summed E-state index contributed by atoms with van der Waals surface area (Å²) in [5.74, 6) is 0.886. The lowest BCUT2D eigenvalue weighted by molar-refractivity contribution is -0.122. The number of piperidine rings is 2. The van der Waals surface area contributed by atoms with Crippen molar-refractivity contribution in [2.75, 3.05) is 26.2 Å². The number of carbonyl (C=O) groups excluding carboxylic acids is 1. The Hall–Kier alpha value is -0.610. The van der Waals surface area contributed by atoms with Crippen molar-refractivity contribution in [3.63, 3.8) is 0 Å². The van der Waals surface area contributed by atoms with Gasteiger partial charge in [0.1, 0.15) is 0 Å². The summed E-state index contributed by atoms with van der Waals surface area (Å²) in [6.07, 6.45) is 9.81. The van der Waals surface area contributed by atoms with Gasteiger partial charge in [0.05, 0.1) is 0 Å². The van der Waals surface area contributed by atoms with Crippen molar-refractivity contribution in [3.8, 4) is 0 Å². The minimum atomic E-state index is 0.272. The maximum atomic E-state index is 12.0. The van der Waals surface area contributed by atoms with Crippen LogP contribution in [0, 0.1) is 5.92 Å². The van der Waals surface area contributed by atoms with Crippen LogP contribution in [0.15, 0.2) is 0 Å². The van der Waals surface area contributed by atoms with Crippen LogP contribution < -0.4 is 10.6 Å². The molecule has 0 aliphatic carbocycles. The Morgan fingerprint density at radius 3 is 2.50 bits per heavy atom. The lowest BCUT2D eigenvalue weighted by atomic mass is 9.89. The number of nitrogens with zero attached hydrogens (tertiary/aromatic N) is 1. The first-order valence-corrected chi connectivity index (χ1v) is 8.55. The molecular weight excluding hydrogens is 250 g/mol. The first kappa shape index (κ1) is 14.3. The fourth-order valence-corrected chi connectivity index (χ4v) is 4.21. The van der Waals surface area contributed by atoms with Gasteiger partial charge in [0.25, 0.3) is 0 Å². The lowest BCUT2D eigenvalue weighted by Gasteiger charge is -2.29. The van der Waals surface area contributed by atoms with E-state index in [1.807, 2.05) is 0 Å². The highest BCUT2D eigenvalue weighted by Gasteiger charge is 2.34. The maximum absolute atomic E-state index is 12.0. The van der Waals surface area contributed by atoms with Crippen molar-refractivity contribution < 1.29 is 4.79 Å². The van der Waals surface area contributed by atoms with Crippen LogP contribution >= 0.6 is 0 Å². The quantitative estimate of drug-likeness (QED) is 0.802. The molecule has 2 unspecified atom stereocenters. The molecule has 2 atom stereocenters. The Morgan fingerprint density at radius 2 is 1.80 bits per heavy atom. The van der Waals surface area contributed by atoms with Crippen LogP contribution in [0.3, 0.4) is 0 Å². The molecule has 20 heavy (non-hydrogen) atoms. The zero-order valence-electron chi connectivity index (χ0n) is 12.6. The highest BCUT2D eigenvalue weighted by molar-refractivity contribution is 5.76. The summed E-state index contributed by atoms with van der Waals surface area (Å²) in [4.78, 5) is 14.5. The second-order valence-corrected chi connectivity index (χ2v) is 6.93. The molecule has 3 aliphatic rings. The number of fused-ring (bicyclic) bond motifs is 2. The van der Waals surface area contributed by atoms with Gasteiger partial charge in [-0.1, -0.05) is 6.42 Å². The van der Waals surface area contributed by atoms with Crippen LogP contribution in [-0.2, 0) is 4.79 Å². The molecule has 4 heteroatoms. The van der Waals surface area contributed by atoms with Gasteiger partial charge in [-0.25, -0.2) is 0 Å². The summed E-state index contributed by atoms with van der Waals surface area (Å²) in [7, 11) is 0. The van der Waals surface area contributed by atoms with Gasteiger partial charge in [0.2, 0.25) is 5.91 Å². The van der Waals surface area contributed by atoms with Crippen LogP contribution in [0.25, 0.3) is 0 Å². The number of hydrogen-bond donors (Lipinski definition) is 2. The molecule has 0 saturated carbocycles. The molecule has 4 nitrogen and oxygen atoms in total. The average molecular weight is 279 g/mol. The van der Waals surface area contributed by atoms with Crippen molar-refractivity contribution in [3.05, 3.63) is 0 Å². The fourth-order valence-electron chi connectivity index (χ4n) is 4.21. The number of hydrogen-bond acceptors (Lipinski definition) is 3. The molecule has 1 amide bonds. The molecule has 2 bridgehead atoms. The second-order valence-electron chi connectivity index (χ2n) is 6.93. The number of carbonyl (C=O) groups is 1. The predicted molar refractivity (Wildman–Crippen MR) is 80.6 cm³/mol.